The monoisotopic (exact) mass is 242 g/mol. The fourth-order valence-electron chi connectivity index (χ4n) is 1.92. The number of hydrogen-bond donors (Lipinski definition) is 1. The highest BCUT2D eigenvalue weighted by atomic mass is 16.5. The summed E-state index contributed by atoms with van der Waals surface area (Å²) in [5.74, 6) is 0.674. The van der Waals surface area contributed by atoms with E-state index in [0.717, 1.165) is 58.9 Å². The molecule has 0 aromatic carbocycles. The lowest BCUT2D eigenvalue weighted by Crippen LogP contribution is -2.44. The van der Waals surface area contributed by atoms with E-state index in [1.54, 1.807) is 0 Å². The largest absolute Gasteiger partial charge is 0.378 e. The van der Waals surface area contributed by atoms with Crippen molar-refractivity contribution in [3.63, 3.8) is 0 Å². The van der Waals surface area contributed by atoms with E-state index in [1.807, 2.05) is 0 Å². The predicted octanol–water partition coefficient (Wildman–Crippen LogP) is 0.365. The lowest BCUT2D eigenvalue weighted by molar-refractivity contribution is 0.0674. The molecule has 1 rings (SSSR count). The third-order valence-electron chi connectivity index (χ3n) is 3.14. The van der Waals surface area contributed by atoms with Crippen molar-refractivity contribution in [3.8, 4) is 0 Å². The molecule has 0 spiro atoms. The lowest BCUT2D eigenvalue weighted by atomic mass is 10.3. The summed E-state index contributed by atoms with van der Waals surface area (Å²) < 4.78 is 5.28. The zero-order valence-corrected chi connectivity index (χ0v) is 11.2. The van der Waals surface area contributed by atoms with E-state index in [9.17, 15) is 0 Å². The van der Waals surface area contributed by atoms with Crippen molar-refractivity contribution in [2.24, 2.45) is 10.7 Å². The van der Waals surface area contributed by atoms with Gasteiger partial charge in [-0.15, -0.1) is 0 Å². The molecule has 0 unspecified atom stereocenters. The average Bonchev–Trinajstić information content (AvgIpc) is 2.40. The Balaban J connectivity index is 2.18. The minimum Gasteiger partial charge on any atom is -0.378 e. The van der Waals surface area contributed by atoms with Gasteiger partial charge in [0.05, 0.1) is 13.2 Å². The molecule has 0 aromatic heterocycles. The molecule has 1 aliphatic heterocycles. The van der Waals surface area contributed by atoms with Crippen LogP contribution in [-0.4, -0.2) is 68.2 Å². The van der Waals surface area contributed by atoms with Crippen LogP contribution in [0.25, 0.3) is 0 Å². The second-order valence-corrected chi connectivity index (χ2v) is 4.22. The van der Waals surface area contributed by atoms with Crippen molar-refractivity contribution in [1.82, 2.24) is 9.80 Å². The Morgan fingerprint density at radius 2 is 1.94 bits per heavy atom. The molecule has 1 saturated heterocycles. The first-order valence-corrected chi connectivity index (χ1v) is 6.62. The van der Waals surface area contributed by atoms with Gasteiger partial charge in [0, 0.05) is 19.6 Å². The topological polar surface area (TPSA) is 54.1 Å². The highest BCUT2D eigenvalue weighted by molar-refractivity contribution is 5.78. The van der Waals surface area contributed by atoms with Gasteiger partial charge in [0.2, 0.25) is 0 Å². The highest BCUT2D eigenvalue weighted by Crippen LogP contribution is 1.97. The van der Waals surface area contributed by atoms with Crippen LogP contribution in [0.4, 0.5) is 0 Å². The summed E-state index contributed by atoms with van der Waals surface area (Å²) in [4.78, 5) is 8.93. The molecule has 0 saturated carbocycles. The summed E-state index contributed by atoms with van der Waals surface area (Å²) in [7, 11) is 0. The summed E-state index contributed by atoms with van der Waals surface area (Å²) >= 11 is 0. The maximum atomic E-state index is 5.94. The van der Waals surface area contributed by atoms with Gasteiger partial charge >= 0.3 is 0 Å². The zero-order chi connectivity index (χ0) is 12.5. The standard InChI is InChI=1S/C12H26N4O/c1-3-15(4-2)7-5-6-14-12(13)16-8-10-17-11-9-16/h3-11H2,1-2H3,(H2,13,14). The number of ether oxygens (including phenoxy) is 1. The lowest BCUT2D eigenvalue weighted by Gasteiger charge is -2.27. The van der Waals surface area contributed by atoms with Gasteiger partial charge in [-0.3, -0.25) is 4.99 Å². The zero-order valence-electron chi connectivity index (χ0n) is 11.2. The minimum absolute atomic E-state index is 0.674. The molecular formula is C12H26N4O. The predicted molar refractivity (Wildman–Crippen MR) is 71.3 cm³/mol. The number of nitrogens with zero attached hydrogens (tertiary/aromatic N) is 3. The Morgan fingerprint density at radius 3 is 2.53 bits per heavy atom. The first-order chi connectivity index (χ1) is 8.27. The van der Waals surface area contributed by atoms with Crippen LogP contribution in [0.15, 0.2) is 4.99 Å². The molecule has 5 heteroatoms. The summed E-state index contributed by atoms with van der Waals surface area (Å²) in [6.45, 7) is 11.8. The maximum Gasteiger partial charge on any atom is 0.191 e. The molecule has 2 N–H and O–H groups in total. The van der Waals surface area contributed by atoms with Crippen molar-refractivity contribution in [2.75, 3.05) is 52.5 Å². The molecule has 0 amide bonds. The fraction of sp³-hybridized carbons (Fsp3) is 0.917. The maximum absolute atomic E-state index is 5.94. The van der Waals surface area contributed by atoms with Gasteiger partial charge in [0.15, 0.2) is 5.96 Å². The Labute approximate surface area is 105 Å². The van der Waals surface area contributed by atoms with Crippen LogP contribution in [-0.2, 0) is 4.74 Å². The van der Waals surface area contributed by atoms with Gasteiger partial charge in [-0.25, -0.2) is 0 Å². The molecule has 5 nitrogen and oxygen atoms in total. The Morgan fingerprint density at radius 1 is 1.29 bits per heavy atom. The number of guanidine groups is 1. The van der Waals surface area contributed by atoms with Gasteiger partial charge < -0.3 is 20.3 Å². The summed E-state index contributed by atoms with van der Waals surface area (Å²) in [5, 5.41) is 0. The van der Waals surface area contributed by atoms with E-state index in [1.165, 1.54) is 0 Å². The van der Waals surface area contributed by atoms with Crippen LogP contribution >= 0.6 is 0 Å². The molecular weight excluding hydrogens is 216 g/mol. The molecule has 0 aliphatic carbocycles. The van der Waals surface area contributed by atoms with Crippen molar-refractivity contribution < 1.29 is 4.74 Å². The summed E-state index contributed by atoms with van der Waals surface area (Å²) in [6, 6.07) is 0. The molecule has 0 atom stereocenters. The summed E-state index contributed by atoms with van der Waals surface area (Å²) in [6.07, 6.45) is 1.08. The number of rotatable bonds is 6. The van der Waals surface area contributed by atoms with Crippen LogP contribution in [0, 0.1) is 0 Å². The van der Waals surface area contributed by atoms with E-state index in [0.29, 0.717) is 5.96 Å². The van der Waals surface area contributed by atoms with Crippen LogP contribution in [0.5, 0.6) is 0 Å². The number of aliphatic imine (C=N–C) groups is 1. The average molecular weight is 242 g/mol. The van der Waals surface area contributed by atoms with E-state index in [2.05, 4.69) is 28.6 Å². The van der Waals surface area contributed by atoms with Crippen LogP contribution in [0.3, 0.4) is 0 Å². The second kappa shape index (κ2) is 8.31. The quantitative estimate of drug-likeness (QED) is 0.415. The Kier molecular flexibility index (Phi) is 6.96. The molecule has 1 aliphatic rings. The van der Waals surface area contributed by atoms with Crippen LogP contribution in [0.2, 0.25) is 0 Å². The number of morpholine rings is 1. The normalized spacial score (nSPS) is 17.8. The van der Waals surface area contributed by atoms with Gasteiger partial charge in [-0.05, 0) is 26.1 Å². The van der Waals surface area contributed by atoms with Crippen LogP contribution in [0.1, 0.15) is 20.3 Å². The highest BCUT2D eigenvalue weighted by Gasteiger charge is 2.11. The minimum atomic E-state index is 0.674. The molecule has 1 heterocycles. The first-order valence-electron chi connectivity index (χ1n) is 6.62. The number of hydrogen-bond acceptors (Lipinski definition) is 3. The van der Waals surface area contributed by atoms with E-state index >= 15 is 0 Å². The molecule has 17 heavy (non-hydrogen) atoms. The first kappa shape index (κ1) is 14.3. The van der Waals surface area contributed by atoms with Gasteiger partial charge in [-0.1, -0.05) is 13.8 Å². The molecule has 1 fully saturated rings. The van der Waals surface area contributed by atoms with Crippen molar-refractivity contribution in [3.05, 3.63) is 0 Å². The SMILES string of the molecule is CCN(CC)CCCN=C(N)N1CCOCC1. The smallest absolute Gasteiger partial charge is 0.191 e. The molecule has 100 valence electrons. The van der Waals surface area contributed by atoms with Crippen molar-refractivity contribution in [1.29, 1.82) is 0 Å². The Hall–Kier alpha value is -0.810. The van der Waals surface area contributed by atoms with Crippen molar-refractivity contribution >= 4 is 5.96 Å². The van der Waals surface area contributed by atoms with E-state index in [4.69, 9.17) is 10.5 Å². The van der Waals surface area contributed by atoms with E-state index < -0.39 is 0 Å². The van der Waals surface area contributed by atoms with Gasteiger partial charge in [-0.2, -0.15) is 0 Å². The second-order valence-electron chi connectivity index (χ2n) is 4.22. The van der Waals surface area contributed by atoms with Crippen molar-refractivity contribution in [2.45, 2.75) is 20.3 Å². The van der Waals surface area contributed by atoms with Crippen LogP contribution < -0.4 is 5.73 Å². The third kappa shape index (κ3) is 5.37. The summed E-state index contributed by atoms with van der Waals surface area (Å²) in [5.41, 5.74) is 5.94. The molecule has 0 bridgehead atoms. The Bertz CT molecular complexity index is 223. The third-order valence-corrected chi connectivity index (χ3v) is 3.14. The van der Waals surface area contributed by atoms with E-state index in [-0.39, 0.29) is 0 Å². The molecule has 0 aromatic rings. The van der Waals surface area contributed by atoms with Gasteiger partial charge in [0.25, 0.3) is 0 Å². The number of nitrogens with two attached hydrogens (primary N) is 1. The fourth-order valence-corrected chi connectivity index (χ4v) is 1.92. The molecule has 0 radical (unpaired) electrons. The van der Waals surface area contributed by atoms with Gasteiger partial charge in [0.1, 0.15) is 0 Å².